The minimum atomic E-state index is -1.80. The lowest BCUT2D eigenvalue weighted by atomic mass is 10.0. The first-order valence-corrected chi connectivity index (χ1v) is 34.5. The number of unbranched alkanes of at least 4 members (excludes halogenated alkanes) is 1. The first-order chi connectivity index (χ1) is 50.2. The molecule has 11 atom stereocenters. The van der Waals surface area contributed by atoms with Crippen molar-refractivity contribution in [3.05, 3.63) is 71.9 Å². The summed E-state index contributed by atoms with van der Waals surface area (Å²) in [7, 11) is 0. The largest absolute Gasteiger partial charge is 0.480 e. The van der Waals surface area contributed by atoms with Crippen molar-refractivity contribution in [2.75, 3.05) is 59.1 Å². The molecule has 39 heteroatoms. The number of guanidine groups is 1. The number of hydrogen-bond donors (Lipinski definition) is 23. The van der Waals surface area contributed by atoms with Gasteiger partial charge < -0.3 is 123 Å². The van der Waals surface area contributed by atoms with Gasteiger partial charge in [0.2, 0.25) is 82.7 Å². The highest BCUT2D eigenvalue weighted by Crippen LogP contribution is 2.20. The van der Waals surface area contributed by atoms with E-state index in [2.05, 4.69) is 84.4 Å². The number of para-hydroxylation sites is 1. The van der Waals surface area contributed by atoms with E-state index in [1.807, 2.05) is 0 Å². The van der Waals surface area contributed by atoms with Gasteiger partial charge in [0.25, 0.3) is 0 Å². The van der Waals surface area contributed by atoms with Gasteiger partial charge in [0.1, 0.15) is 66.5 Å². The second-order valence-corrected chi connectivity index (χ2v) is 25.7. The van der Waals surface area contributed by atoms with Crippen molar-refractivity contribution < 1.29 is 92.3 Å². The molecule has 3 rings (SSSR count). The number of aliphatic hydroxyl groups is 3. The Balaban J connectivity index is 1.72. The number of benzene rings is 2. The van der Waals surface area contributed by atoms with Crippen molar-refractivity contribution in [1.82, 2.24) is 79.4 Å². The number of rotatable bonds is 48. The Labute approximate surface area is 611 Å². The molecule has 27 N–H and O–H groups in total. The van der Waals surface area contributed by atoms with Crippen LogP contribution in [0.25, 0.3) is 10.9 Å². The van der Waals surface area contributed by atoms with Crippen LogP contribution in [0.5, 0.6) is 0 Å². The molecule has 0 spiro atoms. The lowest BCUT2D eigenvalue weighted by Gasteiger charge is -2.27. The first-order valence-electron chi connectivity index (χ1n) is 34.5. The summed E-state index contributed by atoms with van der Waals surface area (Å²) < 4.78 is 0. The molecule has 0 aliphatic rings. The Morgan fingerprint density at radius 1 is 0.425 bits per heavy atom. The third kappa shape index (κ3) is 32.4. The number of carbonyl (C=O) groups excluding carboxylic acids is 14. The minimum absolute atomic E-state index is 0.0373. The topological polar surface area (TPSA) is 638 Å². The van der Waals surface area contributed by atoms with E-state index in [9.17, 15) is 92.3 Å². The average molecular weight is 1490 g/mol. The summed E-state index contributed by atoms with van der Waals surface area (Å²) in [5, 5.41) is 74.9. The second kappa shape index (κ2) is 46.7. The Morgan fingerprint density at radius 2 is 0.830 bits per heavy atom. The first kappa shape index (κ1) is 89.3. The number of hydrogen-bond acceptors (Lipinski definition) is 21. The molecular weight excluding hydrogens is 1390 g/mol. The lowest BCUT2D eigenvalue weighted by Crippen LogP contribution is -2.61. The van der Waals surface area contributed by atoms with Crippen molar-refractivity contribution in [3.63, 3.8) is 0 Å². The summed E-state index contributed by atoms with van der Waals surface area (Å²) >= 11 is 0. The number of carbonyl (C=O) groups is 15. The maximum absolute atomic E-state index is 14.2. The number of nitrogens with zero attached hydrogens (tertiary/aromatic N) is 1. The standard InChI is InChI=1S/C67H104N20O19/c1-35(2)23-45(81-55(94)31-75-58(97)44(20-14-22-72-67(70)71)80-54(93)30-74-57(96)43(19-12-13-21-68)79-52(91)27-69)60(99)86-50(33-89)64(103)83-46(24-36(3)4)61(100)85-49(32-88)63(102)78-37(5)56(95)82-47(25-39-15-8-7-9-16-39)62(101)87-51(34-90)65(104)84-48(26-40-28-73-42-18-11-10-17-41(40)42)59(98)76-29-53(92)77-38(6)66(105)106/h7-11,15-18,28,35-38,43-51,73,88-90H,12-14,19-27,29-34,68-69H2,1-6H3,(H,74,96)(H,75,97)(H,76,98)(H,77,92)(H,78,102)(H,79,91)(H,80,93)(H,81,94)(H,82,95)(H,83,103)(H,84,104)(H,85,100)(H,86,99)(H,87,101)(H,105,106)(H4,70,71,72)/t37-,38-,43-,44-,45-,46-,47-,48-,49-,50-,51-/m0/s1. The van der Waals surface area contributed by atoms with Crippen molar-refractivity contribution in [1.29, 1.82) is 0 Å². The quantitative estimate of drug-likeness (QED) is 0.0142. The number of aromatic amines is 1. The Bertz CT molecular complexity index is 3500. The van der Waals surface area contributed by atoms with Crippen molar-refractivity contribution >= 4 is 106 Å². The molecule has 0 saturated carbocycles. The molecule has 14 amide bonds. The van der Waals surface area contributed by atoms with Gasteiger partial charge in [-0.05, 0) is 94.4 Å². The Hall–Kier alpha value is -10.9. The number of aliphatic hydroxyl groups excluding tert-OH is 3. The molecule has 39 nitrogen and oxygen atoms in total. The van der Waals surface area contributed by atoms with E-state index in [4.69, 9.17) is 22.9 Å². The third-order valence-corrected chi connectivity index (χ3v) is 15.9. The number of H-pyrrole nitrogens is 1. The summed E-state index contributed by atoms with van der Waals surface area (Å²) in [6, 6.07) is -1.21. The number of carboxylic acid groups (broad SMARTS) is 1. The van der Waals surface area contributed by atoms with E-state index >= 15 is 0 Å². The normalized spacial score (nSPS) is 14.2. The minimum Gasteiger partial charge on any atom is -0.480 e. The van der Waals surface area contributed by atoms with Crippen molar-refractivity contribution in [2.45, 2.75) is 166 Å². The summed E-state index contributed by atoms with van der Waals surface area (Å²) in [4.78, 5) is 207. The van der Waals surface area contributed by atoms with Crippen LogP contribution in [0, 0.1) is 11.8 Å². The van der Waals surface area contributed by atoms with Gasteiger partial charge in [0.15, 0.2) is 5.96 Å². The predicted molar refractivity (Wildman–Crippen MR) is 383 cm³/mol. The highest BCUT2D eigenvalue weighted by molar-refractivity contribution is 6.00. The Morgan fingerprint density at radius 3 is 1.32 bits per heavy atom. The third-order valence-electron chi connectivity index (χ3n) is 15.9. The highest BCUT2D eigenvalue weighted by atomic mass is 16.4. The van der Waals surface area contributed by atoms with Crippen molar-refractivity contribution in [2.24, 2.45) is 39.8 Å². The summed E-state index contributed by atoms with van der Waals surface area (Å²) in [5.74, 6) is -15.3. The molecule has 2 aromatic carbocycles. The molecule has 0 bridgehead atoms. The van der Waals surface area contributed by atoms with E-state index in [1.165, 1.54) is 13.8 Å². The zero-order valence-corrected chi connectivity index (χ0v) is 60.2. The highest BCUT2D eigenvalue weighted by Gasteiger charge is 2.36. The molecule has 0 saturated heterocycles. The van der Waals surface area contributed by atoms with Crippen molar-refractivity contribution in [3.8, 4) is 0 Å². The van der Waals surface area contributed by atoms with Gasteiger partial charge >= 0.3 is 5.97 Å². The smallest absolute Gasteiger partial charge is 0.325 e. The molecule has 106 heavy (non-hydrogen) atoms. The summed E-state index contributed by atoms with van der Waals surface area (Å²) in [6.07, 6.45) is 2.30. The number of fused-ring (bicyclic) bond motifs is 1. The zero-order chi connectivity index (χ0) is 79.2. The van der Waals surface area contributed by atoms with E-state index in [-0.39, 0.29) is 69.3 Å². The number of aromatic nitrogens is 1. The molecule has 0 aliphatic heterocycles. The maximum atomic E-state index is 14.2. The van der Waals surface area contributed by atoms with Crippen LogP contribution < -0.4 is 97.4 Å². The van der Waals surface area contributed by atoms with Crippen LogP contribution in [0.4, 0.5) is 0 Å². The summed E-state index contributed by atoms with van der Waals surface area (Å²) in [5.41, 5.74) is 23.5. The van der Waals surface area contributed by atoms with Crippen LogP contribution in [0.1, 0.15) is 97.6 Å². The van der Waals surface area contributed by atoms with E-state index in [0.29, 0.717) is 41.4 Å². The van der Waals surface area contributed by atoms with Crippen LogP contribution in [0.2, 0.25) is 0 Å². The fraction of sp³-hybridized carbons (Fsp3) is 0.552. The van der Waals surface area contributed by atoms with E-state index in [1.54, 1.807) is 88.5 Å². The molecule has 1 heterocycles. The number of nitrogens with two attached hydrogens (primary N) is 4. The zero-order valence-electron chi connectivity index (χ0n) is 60.2. The van der Waals surface area contributed by atoms with Gasteiger partial charge in [-0.3, -0.25) is 76.9 Å². The Kier molecular flexibility index (Phi) is 39.4. The predicted octanol–water partition coefficient (Wildman–Crippen LogP) is -8.03. The number of aliphatic carboxylic acids is 1. The number of amides is 14. The fourth-order valence-corrected chi connectivity index (χ4v) is 10.3. The molecule has 0 radical (unpaired) electrons. The van der Waals surface area contributed by atoms with Gasteiger partial charge in [-0.25, -0.2) is 0 Å². The number of aliphatic imine (C=N–C) groups is 1. The monoisotopic (exact) mass is 1490 g/mol. The number of nitrogens with one attached hydrogen (secondary N) is 15. The molecule has 1 aromatic heterocycles. The SMILES string of the molecule is CC(C)C[C@H](NC(=O)CNC(=O)[C@H](CCCN=C(N)N)NC(=O)CNC(=O)[C@H](CCCCN)NC(=O)CN)C(=O)N[C@@H](CO)C(=O)N[C@@H](CC(C)C)C(=O)N[C@@H](CO)C(=O)N[C@@H](C)C(=O)N[C@@H](Cc1ccccc1)C(=O)N[C@@H](CO)C(=O)N[C@@H](Cc1c[nH]c2ccccc12)C(=O)NCC(=O)N[C@@H](C)C(=O)O. The number of carboxylic acids is 1. The van der Waals surface area contributed by atoms with Crippen LogP contribution in [0.3, 0.4) is 0 Å². The van der Waals surface area contributed by atoms with Crippen LogP contribution in [-0.4, -0.2) is 246 Å². The van der Waals surface area contributed by atoms with Gasteiger partial charge in [-0.2, -0.15) is 0 Å². The second-order valence-electron chi connectivity index (χ2n) is 25.7. The molecule has 3 aromatic rings. The lowest BCUT2D eigenvalue weighted by molar-refractivity contribution is -0.141. The van der Waals surface area contributed by atoms with Gasteiger partial charge in [-0.1, -0.05) is 76.2 Å². The molecule has 0 unspecified atom stereocenters. The van der Waals surface area contributed by atoms with Gasteiger partial charge in [0.05, 0.1) is 46.0 Å². The van der Waals surface area contributed by atoms with Crippen LogP contribution >= 0.6 is 0 Å². The fourth-order valence-electron chi connectivity index (χ4n) is 10.3. The van der Waals surface area contributed by atoms with E-state index < -0.39 is 201 Å². The molecule has 0 aliphatic carbocycles. The van der Waals surface area contributed by atoms with Gasteiger partial charge in [-0.15, -0.1) is 0 Å². The summed E-state index contributed by atoms with van der Waals surface area (Å²) in [6.45, 7) is 3.92. The molecular formula is C67H104N20O19. The van der Waals surface area contributed by atoms with Crippen LogP contribution in [0.15, 0.2) is 65.8 Å². The average Bonchev–Trinajstić information content (AvgIpc) is 1.65. The molecule has 586 valence electrons. The van der Waals surface area contributed by atoms with E-state index in [0.717, 1.165) is 0 Å². The molecule has 0 fully saturated rings. The van der Waals surface area contributed by atoms with Crippen LogP contribution in [-0.2, 0) is 84.8 Å². The van der Waals surface area contributed by atoms with Gasteiger partial charge in [0, 0.05) is 36.5 Å². The maximum Gasteiger partial charge on any atom is 0.325 e.